The van der Waals surface area contributed by atoms with Gasteiger partial charge in [-0.3, -0.25) is 4.79 Å². The fourth-order valence-electron chi connectivity index (χ4n) is 2.67. The summed E-state index contributed by atoms with van der Waals surface area (Å²) in [6.07, 6.45) is 0.975. The van der Waals surface area contributed by atoms with Gasteiger partial charge in [0, 0.05) is 28.7 Å². The zero-order valence-corrected chi connectivity index (χ0v) is 19.2. The average molecular weight is 411 g/mol. The highest BCUT2D eigenvalue weighted by Crippen LogP contribution is 2.27. The lowest BCUT2D eigenvalue weighted by Gasteiger charge is -2.34. The standard InChI is InChI=1S/C17H30N4O2SSi2/c1-15(22)19-11-6-12-25(2,3)23-26(4,5)14-24-17-9-7-16(8-10-17)13-20-21-18/h7-10H,6,11-14H2,1-5H3,(H,19,22). The molecule has 1 N–H and O–H groups in total. The summed E-state index contributed by atoms with van der Waals surface area (Å²) in [6.45, 7) is 11.8. The number of nitrogens with one attached hydrogen (secondary N) is 1. The Kier molecular flexibility index (Phi) is 9.45. The van der Waals surface area contributed by atoms with E-state index in [1.165, 1.54) is 4.90 Å². The summed E-state index contributed by atoms with van der Waals surface area (Å²) in [4.78, 5) is 14.9. The van der Waals surface area contributed by atoms with Crippen molar-refractivity contribution in [3.63, 3.8) is 0 Å². The van der Waals surface area contributed by atoms with Gasteiger partial charge < -0.3 is 9.43 Å². The zero-order chi connectivity index (χ0) is 19.6. The van der Waals surface area contributed by atoms with E-state index in [0.717, 1.165) is 29.9 Å². The highest BCUT2D eigenvalue weighted by Gasteiger charge is 2.32. The lowest BCUT2D eigenvalue weighted by molar-refractivity contribution is -0.118. The Morgan fingerprint density at radius 3 is 2.46 bits per heavy atom. The fraction of sp³-hybridized carbons (Fsp3) is 0.588. The van der Waals surface area contributed by atoms with Crippen LogP contribution in [0.25, 0.3) is 10.4 Å². The molecule has 0 saturated carbocycles. The van der Waals surface area contributed by atoms with Crippen molar-refractivity contribution in [2.75, 3.05) is 11.9 Å². The molecule has 144 valence electrons. The van der Waals surface area contributed by atoms with Gasteiger partial charge in [0.2, 0.25) is 5.91 Å². The van der Waals surface area contributed by atoms with Gasteiger partial charge >= 0.3 is 0 Å². The van der Waals surface area contributed by atoms with Crippen LogP contribution >= 0.6 is 11.8 Å². The minimum absolute atomic E-state index is 0.0296. The van der Waals surface area contributed by atoms with E-state index in [2.05, 4.69) is 53.7 Å². The van der Waals surface area contributed by atoms with Crippen LogP contribution in [0.3, 0.4) is 0 Å². The molecule has 0 spiro atoms. The first kappa shape index (κ1) is 22.8. The van der Waals surface area contributed by atoms with Gasteiger partial charge in [0.25, 0.3) is 0 Å². The molecule has 0 bridgehead atoms. The number of amides is 1. The number of carbonyl (C=O) groups is 1. The lowest BCUT2D eigenvalue weighted by Crippen LogP contribution is -2.46. The molecule has 0 radical (unpaired) electrons. The summed E-state index contributed by atoms with van der Waals surface area (Å²) in [6, 6.07) is 9.23. The molecule has 0 aromatic heterocycles. The molecule has 1 aromatic rings. The van der Waals surface area contributed by atoms with Gasteiger partial charge in [-0.2, -0.15) is 0 Å². The van der Waals surface area contributed by atoms with E-state index in [0.29, 0.717) is 6.54 Å². The maximum atomic E-state index is 10.9. The van der Waals surface area contributed by atoms with E-state index in [4.69, 9.17) is 9.65 Å². The summed E-state index contributed by atoms with van der Waals surface area (Å²) in [5.41, 5.74) is 9.39. The number of hydrogen-bond donors (Lipinski definition) is 1. The Hall–Kier alpha value is -1.26. The van der Waals surface area contributed by atoms with Gasteiger partial charge in [-0.05, 0) is 61.9 Å². The van der Waals surface area contributed by atoms with E-state index in [1.54, 1.807) is 6.92 Å². The van der Waals surface area contributed by atoms with Gasteiger partial charge in [-0.15, -0.1) is 11.8 Å². The molecule has 6 nitrogen and oxygen atoms in total. The van der Waals surface area contributed by atoms with Gasteiger partial charge in [-0.1, -0.05) is 17.2 Å². The summed E-state index contributed by atoms with van der Waals surface area (Å²) in [5.74, 6) is 0.0296. The molecule has 0 aliphatic heterocycles. The normalized spacial score (nSPS) is 11.7. The minimum Gasteiger partial charge on any atom is -0.455 e. The molecule has 0 aliphatic rings. The van der Waals surface area contributed by atoms with Crippen LogP contribution in [0, 0.1) is 0 Å². The molecule has 0 heterocycles. The minimum atomic E-state index is -1.77. The average Bonchev–Trinajstić information content (AvgIpc) is 2.55. The second-order valence-electron chi connectivity index (χ2n) is 7.53. The maximum absolute atomic E-state index is 10.9. The third kappa shape index (κ3) is 10.0. The number of thioether (sulfide) groups is 1. The van der Waals surface area contributed by atoms with Gasteiger partial charge in [0.15, 0.2) is 16.6 Å². The molecule has 0 saturated heterocycles. The SMILES string of the molecule is CC(=O)NCCC[Si](C)(C)O[Si](C)(C)CSc1ccc(CN=[N+]=[N-])cc1. The number of hydrogen-bond acceptors (Lipinski definition) is 4. The van der Waals surface area contributed by atoms with Gasteiger partial charge in [-0.25, -0.2) is 0 Å². The predicted molar refractivity (Wildman–Crippen MR) is 114 cm³/mol. The largest absolute Gasteiger partial charge is 0.455 e. The molecule has 0 unspecified atom stereocenters. The summed E-state index contributed by atoms with van der Waals surface area (Å²) in [5, 5.41) is 7.44. The highest BCUT2D eigenvalue weighted by atomic mass is 32.2. The highest BCUT2D eigenvalue weighted by molar-refractivity contribution is 8.00. The first-order valence-corrected chi connectivity index (χ1v) is 16.0. The Bertz CT molecular complexity index is 632. The van der Waals surface area contributed by atoms with Crippen LogP contribution in [0.15, 0.2) is 34.3 Å². The topological polar surface area (TPSA) is 87.1 Å². The quantitative estimate of drug-likeness (QED) is 0.138. The molecule has 1 rings (SSSR count). The zero-order valence-electron chi connectivity index (χ0n) is 16.4. The van der Waals surface area contributed by atoms with Crippen molar-refractivity contribution in [1.82, 2.24) is 5.32 Å². The van der Waals surface area contributed by atoms with Crippen LogP contribution in [0.5, 0.6) is 0 Å². The molecule has 9 heteroatoms. The van der Waals surface area contributed by atoms with Crippen LogP contribution < -0.4 is 5.32 Å². The molecule has 0 aliphatic carbocycles. The third-order valence-corrected chi connectivity index (χ3v) is 13.7. The van der Waals surface area contributed by atoms with E-state index < -0.39 is 16.6 Å². The maximum Gasteiger partial charge on any atom is 0.216 e. The van der Waals surface area contributed by atoms with E-state index in [-0.39, 0.29) is 5.91 Å². The molecular formula is C17H30N4O2SSi2. The summed E-state index contributed by atoms with van der Waals surface area (Å²) >= 11 is 1.83. The molecular weight excluding hydrogens is 380 g/mol. The number of rotatable bonds is 11. The van der Waals surface area contributed by atoms with E-state index >= 15 is 0 Å². The Morgan fingerprint density at radius 2 is 1.88 bits per heavy atom. The Morgan fingerprint density at radius 1 is 1.23 bits per heavy atom. The van der Waals surface area contributed by atoms with Crippen LogP contribution in [0.4, 0.5) is 0 Å². The van der Waals surface area contributed by atoms with E-state index in [1.807, 2.05) is 23.9 Å². The lowest BCUT2D eigenvalue weighted by atomic mass is 10.2. The van der Waals surface area contributed by atoms with Crippen LogP contribution in [-0.2, 0) is 15.5 Å². The molecule has 0 atom stereocenters. The Labute approximate surface area is 163 Å². The fourth-order valence-corrected chi connectivity index (χ4v) is 13.2. The first-order valence-electron chi connectivity index (χ1n) is 8.81. The second kappa shape index (κ2) is 10.8. The number of nitrogens with zero attached hydrogens (tertiary/aromatic N) is 3. The van der Waals surface area contributed by atoms with Crippen molar-refractivity contribution in [1.29, 1.82) is 0 Å². The number of azide groups is 1. The van der Waals surface area contributed by atoms with Crippen LogP contribution in [-0.4, -0.2) is 34.5 Å². The molecule has 26 heavy (non-hydrogen) atoms. The Balaban J connectivity index is 2.46. The second-order valence-corrected chi connectivity index (χ2v) is 17.8. The van der Waals surface area contributed by atoms with Crippen molar-refractivity contribution >= 4 is 34.3 Å². The number of benzene rings is 1. The van der Waals surface area contributed by atoms with Crippen LogP contribution in [0.1, 0.15) is 18.9 Å². The third-order valence-electron chi connectivity index (χ3n) is 3.71. The van der Waals surface area contributed by atoms with E-state index in [9.17, 15) is 4.79 Å². The summed E-state index contributed by atoms with van der Waals surface area (Å²) in [7, 11) is -3.49. The molecule has 0 fully saturated rings. The molecule has 1 amide bonds. The number of carbonyl (C=O) groups excluding carboxylic acids is 1. The van der Waals surface area contributed by atoms with Gasteiger partial charge in [0.1, 0.15) is 0 Å². The first-order chi connectivity index (χ1) is 12.1. The van der Waals surface area contributed by atoms with Crippen molar-refractivity contribution in [2.45, 2.75) is 57.0 Å². The van der Waals surface area contributed by atoms with Crippen molar-refractivity contribution in [2.24, 2.45) is 5.11 Å². The monoisotopic (exact) mass is 410 g/mol. The van der Waals surface area contributed by atoms with Crippen molar-refractivity contribution in [3.05, 3.63) is 40.3 Å². The van der Waals surface area contributed by atoms with Crippen LogP contribution in [0.2, 0.25) is 32.2 Å². The van der Waals surface area contributed by atoms with Crippen molar-refractivity contribution in [3.8, 4) is 0 Å². The summed E-state index contributed by atoms with van der Waals surface area (Å²) < 4.78 is 6.62. The van der Waals surface area contributed by atoms with Crippen molar-refractivity contribution < 1.29 is 8.91 Å². The molecule has 1 aromatic carbocycles. The smallest absolute Gasteiger partial charge is 0.216 e. The predicted octanol–water partition coefficient (Wildman–Crippen LogP) is 5.08. The van der Waals surface area contributed by atoms with Gasteiger partial charge in [0.05, 0.1) is 6.54 Å².